The third-order valence-corrected chi connectivity index (χ3v) is 2.41. The van der Waals surface area contributed by atoms with Gasteiger partial charge in [0.1, 0.15) is 0 Å². The van der Waals surface area contributed by atoms with Crippen molar-refractivity contribution in [3.63, 3.8) is 0 Å². The molecule has 0 saturated carbocycles. The van der Waals surface area contributed by atoms with Gasteiger partial charge in [-0.3, -0.25) is 9.78 Å². The molecule has 1 rings (SSSR count). The van der Waals surface area contributed by atoms with Crippen LogP contribution in [-0.4, -0.2) is 24.0 Å². The number of carbonyl (C=O) groups is 1. The second-order valence-electron chi connectivity index (χ2n) is 4.49. The van der Waals surface area contributed by atoms with Crippen molar-refractivity contribution in [2.75, 3.05) is 13.1 Å². The van der Waals surface area contributed by atoms with Crippen LogP contribution in [0.2, 0.25) is 0 Å². The summed E-state index contributed by atoms with van der Waals surface area (Å²) in [5.41, 5.74) is 1.13. The van der Waals surface area contributed by atoms with Gasteiger partial charge in [-0.15, -0.1) is 0 Å². The molecule has 4 nitrogen and oxygen atoms in total. The summed E-state index contributed by atoms with van der Waals surface area (Å²) in [5, 5.41) is 5.99. The average molecular weight is 235 g/mol. The van der Waals surface area contributed by atoms with Crippen LogP contribution in [0.1, 0.15) is 25.8 Å². The lowest BCUT2D eigenvalue weighted by Gasteiger charge is -2.08. The van der Waals surface area contributed by atoms with Gasteiger partial charge in [-0.05, 0) is 30.0 Å². The summed E-state index contributed by atoms with van der Waals surface area (Å²) in [4.78, 5) is 15.4. The van der Waals surface area contributed by atoms with E-state index in [4.69, 9.17) is 0 Å². The van der Waals surface area contributed by atoms with Crippen molar-refractivity contribution in [2.45, 2.75) is 26.8 Å². The normalized spacial score (nSPS) is 10.5. The Bertz CT molecular complexity index is 325. The molecule has 1 heterocycles. The van der Waals surface area contributed by atoms with Gasteiger partial charge in [0, 0.05) is 25.5 Å². The Morgan fingerprint density at radius 3 is 2.71 bits per heavy atom. The molecule has 0 aliphatic rings. The van der Waals surface area contributed by atoms with E-state index in [-0.39, 0.29) is 5.91 Å². The summed E-state index contributed by atoms with van der Waals surface area (Å²) in [5.74, 6) is 0.680. The molecule has 2 N–H and O–H groups in total. The minimum atomic E-state index is 0.0553. The minimum Gasteiger partial charge on any atom is -0.355 e. The van der Waals surface area contributed by atoms with E-state index in [2.05, 4.69) is 29.5 Å². The lowest BCUT2D eigenvalue weighted by molar-refractivity contribution is -0.120. The maximum atomic E-state index is 11.4. The maximum Gasteiger partial charge on any atom is 0.233 e. The van der Waals surface area contributed by atoms with Crippen LogP contribution in [-0.2, 0) is 11.3 Å². The number of nitrogens with one attached hydrogen (secondary N) is 2. The molecule has 0 aromatic carbocycles. The molecule has 1 aromatic rings. The Morgan fingerprint density at radius 1 is 1.35 bits per heavy atom. The Hall–Kier alpha value is -1.42. The van der Waals surface area contributed by atoms with Crippen LogP contribution in [0.4, 0.5) is 0 Å². The third kappa shape index (κ3) is 6.68. The molecular weight excluding hydrogens is 214 g/mol. The van der Waals surface area contributed by atoms with Crippen molar-refractivity contribution in [3.05, 3.63) is 30.1 Å². The van der Waals surface area contributed by atoms with Crippen molar-refractivity contribution >= 4 is 5.91 Å². The predicted octanol–water partition coefficient (Wildman–Crippen LogP) is 1.33. The van der Waals surface area contributed by atoms with E-state index in [9.17, 15) is 4.79 Å². The zero-order valence-electron chi connectivity index (χ0n) is 10.6. The molecule has 0 unspecified atom stereocenters. The number of carbonyl (C=O) groups excluding carboxylic acids is 1. The zero-order valence-corrected chi connectivity index (χ0v) is 10.6. The Balaban J connectivity index is 2.08. The van der Waals surface area contributed by atoms with Crippen molar-refractivity contribution in [3.8, 4) is 0 Å². The number of rotatable bonds is 7. The highest BCUT2D eigenvalue weighted by molar-refractivity contribution is 5.77. The van der Waals surface area contributed by atoms with Crippen LogP contribution < -0.4 is 10.6 Å². The van der Waals surface area contributed by atoms with Gasteiger partial charge in [0.05, 0.1) is 6.54 Å². The van der Waals surface area contributed by atoms with Crippen molar-refractivity contribution in [2.24, 2.45) is 5.92 Å². The summed E-state index contributed by atoms with van der Waals surface area (Å²) in [6.45, 7) is 6.11. The monoisotopic (exact) mass is 235 g/mol. The zero-order chi connectivity index (χ0) is 12.5. The van der Waals surface area contributed by atoms with Crippen LogP contribution >= 0.6 is 0 Å². The Labute approximate surface area is 103 Å². The second kappa shape index (κ2) is 7.79. The molecule has 0 fully saturated rings. The molecule has 1 amide bonds. The SMILES string of the molecule is CC(C)CCNC(=O)CNCc1ccncc1. The molecule has 1 aromatic heterocycles. The fraction of sp³-hybridized carbons (Fsp3) is 0.538. The van der Waals surface area contributed by atoms with Gasteiger partial charge in [-0.1, -0.05) is 13.8 Å². The van der Waals surface area contributed by atoms with Crippen molar-refractivity contribution in [1.29, 1.82) is 0 Å². The van der Waals surface area contributed by atoms with E-state index in [1.807, 2.05) is 12.1 Å². The second-order valence-corrected chi connectivity index (χ2v) is 4.49. The van der Waals surface area contributed by atoms with Gasteiger partial charge in [0.2, 0.25) is 5.91 Å². The molecule has 4 heteroatoms. The van der Waals surface area contributed by atoms with E-state index < -0.39 is 0 Å². The van der Waals surface area contributed by atoms with Gasteiger partial charge in [0.25, 0.3) is 0 Å². The average Bonchev–Trinajstić information content (AvgIpc) is 2.30. The lowest BCUT2D eigenvalue weighted by atomic mass is 10.1. The summed E-state index contributed by atoms with van der Waals surface area (Å²) in [7, 11) is 0. The molecule has 0 radical (unpaired) electrons. The van der Waals surface area contributed by atoms with Gasteiger partial charge in [0.15, 0.2) is 0 Å². The number of hydrogen-bond acceptors (Lipinski definition) is 3. The number of nitrogens with zero attached hydrogens (tertiary/aromatic N) is 1. The van der Waals surface area contributed by atoms with Gasteiger partial charge in [-0.25, -0.2) is 0 Å². The highest BCUT2D eigenvalue weighted by Crippen LogP contribution is 1.96. The summed E-state index contributed by atoms with van der Waals surface area (Å²) < 4.78 is 0. The van der Waals surface area contributed by atoms with Crippen molar-refractivity contribution in [1.82, 2.24) is 15.6 Å². The first-order chi connectivity index (χ1) is 8.18. The standard InChI is InChI=1S/C13H21N3O/c1-11(2)3-8-16-13(17)10-15-9-12-4-6-14-7-5-12/h4-7,11,15H,3,8-10H2,1-2H3,(H,16,17). The molecule has 94 valence electrons. The number of amides is 1. The van der Waals surface area contributed by atoms with E-state index in [0.29, 0.717) is 19.0 Å². The van der Waals surface area contributed by atoms with E-state index in [1.54, 1.807) is 12.4 Å². The first kappa shape index (κ1) is 13.6. The Kier molecular flexibility index (Phi) is 6.25. The van der Waals surface area contributed by atoms with Gasteiger partial charge >= 0.3 is 0 Å². The molecule has 0 spiro atoms. The highest BCUT2D eigenvalue weighted by Gasteiger charge is 2.00. The number of hydrogen-bond donors (Lipinski definition) is 2. The highest BCUT2D eigenvalue weighted by atomic mass is 16.1. The van der Waals surface area contributed by atoms with Gasteiger partial charge < -0.3 is 10.6 Å². The van der Waals surface area contributed by atoms with Crippen LogP contribution in [0.15, 0.2) is 24.5 Å². The lowest BCUT2D eigenvalue weighted by Crippen LogP contribution is -2.34. The largest absolute Gasteiger partial charge is 0.355 e. The first-order valence-corrected chi connectivity index (χ1v) is 6.05. The smallest absolute Gasteiger partial charge is 0.233 e. The molecule has 17 heavy (non-hydrogen) atoms. The van der Waals surface area contributed by atoms with Crippen LogP contribution in [0.5, 0.6) is 0 Å². The molecular formula is C13H21N3O. The van der Waals surface area contributed by atoms with Crippen LogP contribution in [0, 0.1) is 5.92 Å². The number of aromatic nitrogens is 1. The topological polar surface area (TPSA) is 54.0 Å². The van der Waals surface area contributed by atoms with Gasteiger partial charge in [-0.2, -0.15) is 0 Å². The van der Waals surface area contributed by atoms with E-state index in [1.165, 1.54) is 0 Å². The molecule has 0 saturated heterocycles. The fourth-order valence-electron chi connectivity index (χ4n) is 1.38. The Morgan fingerprint density at radius 2 is 2.06 bits per heavy atom. The third-order valence-electron chi connectivity index (χ3n) is 2.41. The van der Waals surface area contributed by atoms with E-state index >= 15 is 0 Å². The molecule has 0 aliphatic carbocycles. The quantitative estimate of drug-likeness (QED) is 0.749. The van der Waals surface area contributed by atoms with E-state index in [0.717, 1.165) is 18.5 Å². The molecule has 0 aliphatic heterocycles. The minimum absolute atomic E-state index is 0.0553. The maximum absolute atomic E-state index is 11.4. The number of pyridine rings is 1. The predicted molar refractivity (Wildman–Crippen MR) is 68.4 cm³/mol. The molecule has 0 atom stereocenters. The van der Waals surface area contributed by atoms with Crippen LogP contribution in [0.3, 0.4) is 0 Å². The molecule has 0 bridgehead atoms. The summed E-state index contributed by atoms with van der Waals surface area (Å²) >= 11 is 0. The summed E-state index contributed by atoms with van der Waals surface area (Å²) in [6.07, 6.45) is 4.52. The summed E-state index contributed by atoms with van der Waals surface area (Å²) in [6, 6.07) is 3.87. The van der Waals surface area contributed by atoms with Crippen molar-refractivity contribution < 1.29 is 4.79 Å². The first-order valence-electron chi connectivity index (χ1n) is 6.05. The van der Waals surface area contributed by atoms with Crippen LogP contribution in [0.25, 0.3) is 0 Å². The fourth-order valence-corrected chi connectivity index (χ4v) is 1.38.